The van der Waals surface area contributed by atoms with Crippen molar-refractivity contribution < 1.29 is 27.5 Å². The van der Waals surface area contributed by atoms with E-state index in [-0.39, 0.29) is 23.7 Å². The van der Waals surface area contributed by atoms with Crippen LogP contribution >= 0.6 is 0 Å². The number of methoxy groups -OCH3 is 1. The molecule has 0 aliphatic carbocycles. The van der Waals surface area contributed by atoms with Gasteiger partial charge in [-0.25, -0.2) is 0 Å². The third kappa shape index (κ3) is 5.52. The van der Waals surface area contributed by atoms with Crippen LogP contribution in [0.4, 0.5) is 24.5 Å². The Balaban J connectivity index is 2.01. The molecular weight excluding hydrogens is 337 g/mol. The molecule has 2 aromatic carbocycles. The quantitative estimate of drug-likeness (QED) is 0.867. The number of hydrogen-bond acceptors (Lipinski definition) is 3. The molecule has 0 saturated heterocycles. The smallest absolute Gasteiger partial charge is 0.471 e. The zero-order chi connectivity index (χ0) is 18.4. The van der Waals surface area contributed by atoms with Crippen molar-refractivity contribution in [1.82, 2.24) is 0 Å². The molecule has 0 unspecified atom stereocenters. The molecule has 0 heterocycles. The van der Waals surface area contributed by atoms with Crippen molar-refractivity contribution in [3.05, 3.63) is 54.1 Å². The zero-order valence-corrected chi connectivity index (χ0v) is 13.2. The van der Waals surface area contributed by atoms with Crippen molar-refractivity contribution in [3.63, 3.8) is 0 Å². The third-order valence-electron chi connectivity index (χ3n) is 3.16. The summed E-state index contributed by atoms with van der Waals surface area (Å²) in [4.78, 5) is 23.0. The Hall–Kier alpha value is -3.03. The molecule has 2 aromatic rings. The number of carbonyl (C=O) groups excluding carboxylic acids is 2. The first kappa shape index (κ1) is 18.3. The fraction of sp³-hybridized carbons (Fsp3) is 0.176. The molecule has 8 heteroatoms. The first-order valence-electron chi connectivity index (χ1n) is 7.19. The number of anilines is 2. The molecule has 25 heavy (non-hydrogen) atoms. The summed E-state index contributed by atoms with van der Waals surface area (Å²) < 4.78 is 41.8. The van der Waals surface area contributed by atoms with Crippen molar-refractivity contribution in [3.8, 4) is 5.75 Å². The Labute approximate surface area is 141 Å². The van der Waals surface area contributed by atoms with Gasteiger partial charge in [0.25, 0.3) is 0 Å². The molecule has 0 radical (unpaired) electrons. The van der Waals surface area contributed by atoms with Gasteiger partial charge in [-0.05, 0) is 35.9 Å². The second-order valence-electron chi connectivity index (χ2n) is 5.11. The highest BCUT2D eigenvalue weighted by Crippen LogP contribution is 2.21. The molecule has 2 rings (SSSR count). The number of rotatable bonds is 5. The summed E-state index contributed by atoms with van der Waals surface area (Å²) in [5.41, 5.74) is 0.924. The van der Waals surface area contributed by atoms with Gasteiger partial charge >= 0.3 is 12.1 Å². The Kier molecular flexibility index (Phi) is 5.63. The average molecular weight is 352 g/mol. The predicted molar refractivity (Wildman–Crippen MR) is 86.5 cm³/mol. The largest absolute Gasteiger partial charge is 0.497 e. The minimum Gasteiger partial charge on any atom is -0.497 e. The molecule has 0 aliphatic heterocycles. The van der Waals surface area contributed by atoms with Crippen molar-refractivity contribution in [2.45, 2.75) is 12.6 Å². The number of alkyl halides is 3. The Bertz CT molecular complexity index is 776. The van der Waals surface area contributed by atoms with Crippen molar-refractivity contribution >= 4 is 23.2 Å². The van der Waals surface area contributed by atoms with E-state index in [0.717, 1.165) is 5.56 Å². The highest BCUT2D eigenvalue weighted by Gasteiger charge is 2.38. The second kappa shape index (κ2) is 7.69. The monoisotopic (exact) mass is 352 g/mol. The number of benzene rings is 2. The van der Waals surface area contributed by atoms with Crippen molar-refractivity contribution in [2.75, 3.05) is 17.7 Å². The SMILES string of the molecule is COc1cccc(CC(=O)Nc2cccc(NC(=O)C(F)(F)F)c2)c1. The van der Waals surface area contributed by atoms with E-state index < -0.39 is 12.1 Å². The summed E-state index contributed by atoms with van der Waals surface area (Å²) in [5.74, 6) is -1.82. The van der Waals surface area contributed by atoms with Crippen molar-refractivity contribution in [1.29, 1.82) is 0 Å². The Morgan fingerprint density at radius 3 is 2.28 bits per heavy atom. The fourth-order valence-electron chi connectivity index (χ4n) is 2.05. The van der Waals surface area contributed by atoms with Gasteiger partial charge in [0.2, 0.25) is 5.91 Å². The molecular formula is C17H15F3N2O3. The number of ether oxygens (including phenoxy) is 1. The summed E-state index contributed by atoms with van der Waals surface area (Å²) in [6.07, 6.45) is -4.91. The number of nitrogens with one attached hydrogen (secondary N) is 2. The molecule has 0 aromatic heterocycles. The summed E-state index contributed by atoms with van der Waals surface area (Å²) in [6, 6.07) is 12.4. The van der Waals surface area contributed by atoms with E-state index in [1.165, 1.54) is 31.4 Å². The molecule has 0 bridgehead atoms. The maximum Gasteiger partial charge on any atom is 0.471 e. The molecule has 5 nitrogen and oxygen atoms in total. The van der Waals surface area contributed by atoms with Crippen LogP contribution in [-0.2, 0) is 16.0 Å². The van der Waals surface area contributed by atoms with Crippen LogP contribution in [0.15, 0.2) is 48.5 Å². The van der Waals surface area contributed by atoms with Gasteiger partial charge in [-0.3, -0.25) is 9.59 Å². The van der Waals surface area contributed by atoms with Crippen LogP contribution in [0.3, 0.4) is 0 Å². The van der Waals surface area contributed by atoms with Gasteiger partial charge in [-0.2, -0.15) is 13.2 Å². The minimum atomic E-state index is -4.98. The zero-order valence-electron chi connectivity index (χ0n) is 13.2. The maximum absolute atomic E-state index is 12.3. The van der Waals surface area contributed by atoms with Crippen LogP contribution in [0.2, 0.25) is 0 Å². The first-order chi connectivity index (χ1) is 11.8. The van der Waals surface area contributed by atoms with Crippen LogP contribution in [0, 0.1) is 0 Å². The van der Waals surface area contributed by atoms with Crippen LogP contribution in [0.1, 0.15) is 5.56 Å². The van der Waals surface area contributed by atoms with E-state index in [1.54, 1.807) is 29.6 Å². The molecule has 132 valence electrons. The highest BCUT2D eigenvalue weighted by atomic mass is 19.4. The number of halogens is 3. The molecule has 2 amide bonds. The Morgan fingerprint density at radius 2 is 1.64 bits per heavy atom. The number of amides is 2. The van der Waals surface area contributed by atoms with Crippen LogP contribution < -0.4 is 15.4 Å². The number of hydrogen-bond donors (Lipinski definition) is 2. The molecule has 0 fully saturated rings. The van der Waals surface area contributed by atoms with Gasteiger partial charge in [-0.1, -0.05) is 18.2 Å². The molecule has 0 aliphatic rings. The predicted octanol–water partition coefficient (Wildman–Crippen LogP) is 3.38. The van der Waals surface area contributed by atoms with Crippen LogP contribution in [0.5, 0.6) is 5.75 Å². The average Bonchev–Trinajstić information content (AvgIpc) is 2.54. The van der Waals surface area contributed by atoms with Crippen LogP contribution in [-0.4, -0.2) is 25.1 Å². The summed E-state index contributed by atoms with van der Waals surface area (Å²) in [6.45, 7) is 0. The van der Waals surface area contributed by atoms with E-state index >= 15 is 0 Å². The van der Waals surface area contributed by atoms with E-state index in [0.29, 0.717) is 5.75 Å². The lowest BCUT2D eigenvalue weighted by Gasteiger charge is -2.10. The molecule has 0 saturated carbocycles. The Morgan fingerprint density at radius 1 is 1.00 bits per heavy atom. The lowest BCUT2D eigenvalue weighted by molar-refractivity contribution is -0.167. The van der Waals surface area contributed by atoms with Gasteiger partial charge in [0.1, 0.15) is 5.75 Å². The highest BCUT2D eigenvalue weighted by molar-refractivity contribution is 5.96. The third-order valence-corrected chi connectivity index (χ3v) is 3.16. The van der Waals surface area contributed by atoms with Gasteiger partial charge in [0, 0.05) is 11.4 Å². The maximum atomic E-state index is 12.3. The van der Waals surface area contributed by atoms with Gasteiger partial charge in [0.05, 0.1) is 13.5 Å². The molecule has 2 N–H and O–H groups in total. The summed E-state index contributed by atoms with van der Waals surface area (Å²) >= 11 is 0. The lowest BCUT2D eigenvalue weighted by Crippen LogP contribution is -2.29. The topological polar surface area (TPSA) is 67.4 Å². The van der Waals surface area contributed by atoms with Crippen molar-refractivity contribution in [2.24, 2.45) is 0 Å². The van der Waals surface area contributed by atoms with E-state index in [9.17, 15) is 22.8 Å². The van der Waals surface area contributed by atoms with Gasteiger partial charge in [0.15, 0.2) is 0 Å². The summed E-state index contributed by atoms with van der Waals surface area (Å²) in [5, 5.41) is 4.30. The van der Waals surface area contributed by atoms with Gasteiger partial charge < -0.3 is 15.4 Å². The number of carbonyl (C=O) groups is 2. The molecule has 0 atom stereocenters. The summed E-state index contributed by atoms with van der Waals surface area (Å²) in [7, 11) is 1.51. The minimum absolute atomic E-state index is 0.0658. The van der Waals surface area contributed by atoms with E-state index in [1.807, 2.05) is 0 Å². The first-order valence-corrected chi connectivity index (χ1v) is 7.19. The van der Waals surface area contributed by atoms with E-state index in [4.69, 9.17) is 4.74 Å². The lowest BCUT2D eigenvalue weighted by atomic mass is 10.1. The van der Waals surface area contributed by atoms with Crippen LogP contribution in [0.25, 0.3) is 0 Å². The second-order valence-corrected chi connectivity index (χ2v) is 5.11. The van der Waals surface area contributed by atoms with E-state index in [2.05, 4.69) is 5.32 Å². The van der Waals surface area contributed by atoms with Gasteiger partial charge in [-0.15, -0.1) is 0 Å². The normalized spacial score (nSPS) is 10.9. The standard InChI is InChI=1S/C17H15F3N2O3/c1-25-14-7-2-4-11(8-14)9-15(23)21-12-5-3-6-13(10-12)22-16(24)17(18,19)20/h2-8,10H,9H2,1H3,(H,21,23)(H,22,24). The molecule has 0 spiro atoms. The fourth-order valence-corrected chi connectivity index (χ4v) is 2.05.